The number of nitrogens with two attached hydrogens (primary N) is 1. The number of ether oxygens (including phenoxy) is 3. The van der Waals surface area contributed by atoms with E-state index < -0.39 is 5.97 Å². The lowest BCUT2D eigenvalue weighted by Crippen LogP contribution is -2.23. The first-order valence-electron chi connectivity index (χ1n) is 10.8. The van der Waals surface area contributed by atoms with Gasteiger partial charge in [0.25, 0.3) is 0 Å². The van der Waals surface area contributed by atoms with E-state index in [2.05, 4.69) is 6.07 Å². The molecule has 2 aromatic carbocycles. The van der Waals surface area contributed by atoms with Crippen LogP contribution in [-0.2, 0) is 14.2 Å². The second-order valence-corrected chi connectivity index (χ2v) is 8.03. The van der Waals surface area contributed by atoms with Crippen LogP contribution in [0.2, 0.25) is 0 Å². The molecular formula is C27H24N2O5. The molecule has 1 heterocycles. The first kappa shape index (κ1) is 22.9. The third-order valence-electron chi connectivity index (χ3n) is 6.05. The minimum absolute atomic E-state index is 0.0807. The second-order valence-electron chi connectivity index (χ2n) is 8.03. The van der Waals surface area contributed by atoms with E-state index in [-0.39, 0.29) is 17.8 Å². The van der Waals surface area contributed by atoms with Crippen molar-refractivity contribution < 1.29 is 23.8 Å². The fraction of sp³-hybridized carbons (Fsp3) is 0.222. The molecule has 0 saturated carbocycles. The molecule has 1 atom stereocenters. The maximum absolute atomic E-state index is 11.8. The van der Waals surface area contributed by atoms with Gasteiger partial charge in [0.05, 0.1) is 25.3 Å². The van der Waals surface area contributed by atoms with Gasteiger partial charge in [-0.3, -0.25) is 0 Å². The maximum atomic E-state index is 11.8. The van der Waals surface area contributed by atoms with Crippen LogP contribution in [0.15, 0.2) is 76.9 Å². The predicted molar refractivity (Wildman–Crippen MR) is 125 cm³/mol. The second kappa shape index (κ2) is 9.67. The Kier molecular flexibility index (Phi) is 6.51. The van der Waals surface area contributed by atoms with E-state index in [1.54, 1.807) is 24.3 Å². The summed E-state index contributed by atoms with van der Waals surface area (Å²) < 4.78 is 15.5. The summed E-state index contributed by atoms with van der Waals surface area (Å²) in [5.74, 6) is -0.402. The third-order valence-corrected chi connectivity index (χ3v) is 6.05. The Morgan fingerprint density at radius 3 is 2.15 bits per heavy atom. The Bertz CT molecular complexity index is 1260. The summed E-state index contributed by atoms with van der Waals surface area (Å²) in [5, 5.41) is 9.84. The Morgan fingerprint density at radius 2 is 1.59 bits per heavy atom. The average molecular weight is 456 g/mol. The van der Waals surface area contributed by atoms with Crippen molar-refractivity contribution in [2.24, 2.45) is 5.73 Å². The first-order chi connectivity index (χ1) is 16.5. The van der Waals surface area contributed by atoms with Gasteiger partial charge >= 0.3 is 11.9 Å². The molecule has 4 rings (SSSR count). The van der Waals surface area contributed by atoms with Crippen LogP contribution >= 0.6 is 0 Å². The van der Waals surface area contributed by atoms with Crippen molar-refractivity contribution in [3.8, 4) is 6.07 Å². The van der Waals surface area contributed by atoms with Crippen molar-refractivity contribution in [3.63, 3.8) is 0 Å². The van der Waals surface area contributed by atoms with Gasteiger partial charge in [0.1, 0.15) is 17.4 Å². The zero-order chi connectivity index (χ0) is 24.2. The summed E-state index contributed by atoms with van der Waals surface area (Å²) >= 11 is 0. The van der Waals surface area contributed by atoms with Gasteiger partial charge in [0, 0.05) is 5.92 Å². The summed E-state index contributed by atoms with van der Waals surface area (Å²) in [6.45, 7) is 0. The lowest BCUT2D eigenvalue weighted by Gasteiger charge is -2.33. The highest BCUT2D eigenvalue weighted by Crippen LogP contribution is 2.46. The van der Waals surface area contributed by atoms with Crippen LogP contribution in [0.4, 0.5) is 0 Å². The van der Waals surface area contributed by atoms with E-state index >= 15 is 0 Å². The van der Waals surface area contributed by atoms with Gasteiger partial charge in [-0.25, -0.2) is 9.59 Å². The molecule has 172 valence electrons. The van der Waals surface area contributed by atoms with Gasteiger partial charge in [-0.15, -0.1) is 0 Å². The summed E-state index contributed by atoms with van der Waals surface area (Å²) in [4.78, 5) is 23.5. The molecule has 34 heavy (non-hydrogen) atoms. The lowest BCUT2D eigenvalue weighted by atomic mass is 9.76. The van der Waals surface area contributed by atoms with Crippen molar-refractivity contribution in [2.45, 2.75) is 25.2 Å². The van der Waals surface area contributed by atoms with E-state index in [4.69, 9.17) is 19.9 Å². The van der Waals surface area contributed by atoms with Crippen LogP contribution in [-0.4, -0.2) is 26.2 Å². The van der Waals surface area contributed by atoms with Crippen LogP contribution in [0.5, 0.6) is 0 Å². The zero-order valence-electron chi connectivity index (χ0n) is 19.0. The molecule has 1 unspecified atom stereocenters. The first-order valence-corrected chi connectivity index (χ1v) is 10.8. The van der Waals surface area contributed by atoms with Crippen molar-refractivity contribution in [1.29, 1.82) is 5.26 Å². The maximum Gasteiger partial charge on any atom is 0.337 e. The summed E-state index contributed by atoms with van der Waals surface area (Å²) in [5.41, 5.74) is 11.2. The van der Waals surface area contributed by atoms with Crippen LogP contribution in [0.25, 0.3) is 6.08 Å². The van der Waals surface area contributed by atoms with E-state index in [9.17, 15) is 14.9 Å². The molecule has 2 aliphatic rings. The van der Waals surface area contributed by atoms with Gasteiger partial charge in [-0.2, -0.15) is 5.26 Å². The highest BCUT2D eigenvalue weighted by Gasteiger charge is 2.35. The van der Waals surface area contributed by atoms with Gasteiger partial charge in [-0.1, -0.05) is 24.3 Å². The molecule has 7 nitrogen and oxygen atoms in total. The van der Waals surface area contributed by atoms with E-state index in [0.29, 0.717) is 22.5 Å². The molecular weight excluding hydrogens is 432 g/mol. The predicted octanol–water partition coefficient (Wildman–Crippen LogP) is 4.59. The third kappa shape index (κ3) is 4.30. The molecule has 0 spiro atoms. The Balaban J connectivity index is 1.74. The molecule has 0 radical (unpaired) electrons. The summed E-state index contributed by atoms with van der Waals surface area (Å²) in [6.07, 6.45) is 4.46. The molecule has 0 saturated heterocycles. The molecule has 1 aliphatic heterocycles. The smallest absolute Gasteiger partial charge is 0.337 e. The van der Waals surface area contributed by atoms with Crippen LogP contribution in [0, 0.1) is 11.3 Å². The lowest BCUT2D eigenvalue weighted by molar-refractivity contribution is 0.0592. The number of nitriles is 1. The number of hydrogen-bond acceptors (Lipinski definition) is 7. The number of carbonyl (C=O) groups is 2. The SMILES string of the molecule is COC(=O)c1ccc(/C=C2\CCCC3=C2OC(N)=C(C#N)C3c2ccc(C(=O)OC)cc2)cc1. The number of hydrogen-bond donors (Lipinski definition) is 1. The van der Waals surface area contributed by atoms with E-state index in [1.807, 2.05) is 30.3 Å². The van der Waals surface area contributed by atoms with Crippen molar-refractivity contribution in [2.75, 3.05) is 14.2 Å². The highest BCUT2D eigenvalue weighted by atomic mass is 16.5. The molecule has 0 amide bonds. The molecule has 2 aromatic rings. The zero-order valence-corrected chi connectivity index (χ0v) is 19.0. The molecule has 7 heteroatoms. The minimum atomic E-state index is -0.421. The normalized spacial score (nSPS) is 18.6. The van der Waals surface area contributed by atoms with Crippen molar-refractivity contribution in [1.82, 2.24) is 0 Å². The van der Waals surface area contributed by atoms with Gasteiger partial charge in [-0.05, 0) is 71.9 Å². The number of benzene rings is 2. The van der Waals surface area contributed by atoms with E-state index in [0.717, 1.165) is 41.5 Å². The van der Waals surface area contributed by atoms with Crippen molar-refractivity contribution >= 4 is 18.0 Å². The van der Waals surface area contributed by atoms with Crippen molar-refractivity contribution in [3.05, 3.63) is 99.1 Å². The number of allylic oxidation sites excluding steroid dienone is 3. The van der Waals surface area contributed by atoms with Gasteiger partial charge in [0.15, 0.2) is 0 Å². The number of nitrogens with zero attached hydrogens (tertiary/aromatic N) is 1. The van der Waals surface area contributed by atoms with Gasteiger partial charge < -0.3 is 19.9 Å². The quantitative estimate of drug-likeness (QED) is 0.670. The Morgan fingerprint density at radius 1 is 1.00 bits per heavy atom. The standard InChI is InChI=1S/C27H24N2O5/c1-32-26(30)18-8-6-16(7-9-18)14-20-4-3-5-21-23(22(15-28)25(29)34-24(20)21)17-10-12-19(13-11-17)27(31)33-2/h6-14,23H,3-5,29H2,1-2H3/b20-14+. The topological polar surface area (TPSA) is 112 Å². The summed E-state index contributed by atoms with van der Waals surface area (Å²) in [6, 6.07) is 16.3. The highest BCUT2D eigenvalue weighted by molar-refractivity contribution is 5.90. The fourth-order valence-corrected chi connectivity index (χ4v) is 4.38. The summed E-state index contributed by atoms with van der Waals surface area (Å²) in [7, 11) is 2.68. The molecule has 2 N–H and O–H groups in total. The number of esters is 2. The average Bonchev–Trinajstić information content (AvgIpc) is 2.88. The van der Waals surface area contributed by atoms with E-state index in [1.165, 1.54) is 14.2 Å². The molecule has 0 fully saturated rings. The van der Waals surface area contributed by atoms with Crippen LogP contribution < -0.4 is 5.73 Å². The molecule has 1 aliphatic carbocycles. The number of rotatable bonds is 4. The molecule has 0 aromatic heterocycles. The molecule has 0 bridgehead atoms. The number of carbonyl (C=O) groups excluding carboxylic acids is 2. The van der Waals surface area contributed by atoms with Crippen LogP contribution in [0.1, 0.15) is 57.0 Å². The number of methoxy groups -OCH3 is 2. The van der Waals surface area contributed by atoms with Gasteiger partial charge in [0.2, 0.25) is 5.88 Å². The monoisotopic (exact) mass is 456 g/mol. The van der Waals surface area contributed by atoms with Crippen LogP contribution in [0.3, 0.4) is 0 Å². The Labute approximate surface area is 197 Å². The fourth-order valence-electron chi connectivity index (χ4n) is 4.38. The largest absolute Gasteiger partial charge is 0.465 e. The minimum Gasteiger partial charge on any atom is -0.465 e. The Hall–Kier alpha value is -4.31.